The van der Waals surface area contributed by atoms with Crippen molar-refractivity contribution in [1.82, 2.24) is 15.1 Å². The molecule has 0 bridgehead atoms. The highest BCUT2D eigenvalue weighted by atomic mass is 16.2. The number of nitrogens with zero attached hydrogens (tertiary/aromatic N) is 2. The Bertz CT molecular complexity index is 785. The van der Waals surface area contributed by atoms with Crippen LogP contribution in [0.1, 0.15) is 67.2 Å². The lowest BCUT2D eigenvalue weighted by Crippen LogP contribution is -2.49. The summed E-state index contributed by atoms with van der Waals surface area (Å²) in [5.41, 5.74) is 0.470. The Morgan fingerprint density at radius 1 is 1.03 bits per heavy atom. The summed E-state index contributed by atoms with van der Waals surface area (Å²) in [5.74, 6) is -0.519. The van der Waals surface area contributed by atoms with E-state index in [0.29, 0.717) is 30.6 Å². The van der Waals surface area contributed by atoms with Gasteiger partial charge in [-0.05, 0) is 31.4 Å². The molecule has 29 heavy (non-hydrogen) atoms. The third-order valence-corrected chi connectivity index (χ3v) is 5.45. The third-order valence-electron chi connectivity index (χ3n) is 5.45. The van der Waals surface area contributed by atoms with Crippen LogP contribution in [0.25, 0.3) is 0 Å². The Hall–Kier alpha value is -2.70. The van der Waals surface area contributed by atoms with Crippen molar-refractivity contribution in [3.63, 3.8) is 0 Å². The van der Waals surface area contributed by atoms with Crippen LogP contribution < -0.4 is 5.32 Å². The quantitative estimate of drug-likeness (QED) is 0.769. The van der Waals surface area contributed by atoms with Gasteiger partial charge in [-0.15, -0.1) is 0 Å². The van der Waals surface area contributed by atoms with Crippen molar-refractivity contribution in [2.75, 3.05) is 19.6 Å². The van der Waals surface area contributed by atoms with Crippen LogP contribution in [-0.2, 0) is 9.59 Å². The van der Waals surface area contributed by atoms with E-state index in [1.807, 2.05) is 25.7 Å². The molecule has 1 aromatic carbocycles. The number of hydrogen-bond acceptors (Lipinski definition) is 4. The fourth-order valence-electron chi connectivity index (χ4n) is 3.84. The lowest BCUT2D eigenvalue weighted by atomic mass is 9.93. The van der Waals surface area contributed by atoms with Gasteiger partial charge in [0.2, 0.25) is 11.8 Å². The molecule has 0 aliphatic carbocycles. The molecule has 1 N–H and O–H groups in total. The molecule has 0 unspecified atom stereocenters. The maximum absolute atomic E-state index is 12.3. The van der Waals surface area contributed by atoms with Gasteiger partial charge in [-0.1, -0.05) is 32.9 Å². The lowest BCUT2D eigenvalue weighted by Gasteiger charge is -2.36. The van der Waals surface area contributed by atoms with Crippen LogP contribution in [-0.4, -0.2) is 59.1 Å². The van der Waals surface area contributed by atoms with Crippen LogP contribution in [0.15, 0.2) is 24.3 Å². The second-order valence-electron chi connectivity index (χ2n) is 8.80. The molecule has 0 radical (unpaired) electrons. The molecule has 7 nitrogen and oxygen atoms in total. The van der Waals surface area contributed by atoms with Crippen molar-refractivity contribution in [1.29, 1.82) is 0 Å². The molecular weight excluding hydrogens is 370 g/mol. The molecule has 7 heteroatoms. The van der Waals surface area contributed by atoms with Crippen LogP contribution in [0.3, 0.4) is 0 Å². The van der Waals surface area contributed by atoms with Gasteiger partial charge < -0.3 is 10.2 Å². The van der Waals surface area contributed by atoms with Gasteiger partial charge in [0.05, 0.1) is 11.1 Å². The topological polar surface area (TPSA) is 86.8 Å². The molecule has 0 atom stereocenters. The highest BCUT2D eigenvalue weighted by molar-refractivity contribution is 6.21. The average molecular weight is 399 g/mol. The van der Waals surface area contributed by atoms with Crippen LogP contribution in [0.5, 0.6) is 0 Å². The van der Waals surface area contributed by atoms with E-state index in [-0.39, 0.29) is 48.1 Å². The monoisotopic (exact) mass is 399 g/mol. The SMILES string of the molecule is CC(C)(C)C(=O)N1CCC(NC(=O)CCCN2C(=O)c3ccccc3C2=O)CC1. The second-order valence-corrected chi connectivity index (χ2v) is 8.80. The van der Waals surface area contributed by atoms with Crippen molar-refractivity contribution in [2.24, 2.45) is 5.41 Å². The Kier molecular flexibility index (Phi) is 6.05. The maximum Gasteiger partial charge on any atom is 0.261 e. The number of hydrogen-bond donors (Lipinski definition) is 1. The molecule has 3 rings (SSSR count). The summed E-state index contributed by atoms with van der Waals surface area (Å²) in [7, 11) is 0. The molecule has 2 aliphatic heterocycles. The van der Waals surface area contributed by atoms with E-state index in [1.54, 1.807) is 24.3 Å². The highest BCUT2D eigenvalue weighted by Crippen LogP contribution is 2.23. The molecule has 2 heterocycles. The van der Waals surface area contributed by atoms with E-state index < -0.39 is 0 Å². The number of rotatable bonds is 5. The van der Waals surface area contributed by atoms with E-state index in [9.17, 15) is 19.2 Å². The maximum atomic E-state index is 12.3. The largest absolute Gasteiger partial charge is 0.353 e. The van der Waals surface area contributed by atoms with E-state index >= 15 is 0 Å². The second kappa shape index (κ2) is 8.35. The first-order valence-electron chi connectivity index (χ1n) is 10.2. The molecule has 1 fully saturated rings. The molecular formula is C22H29N3O4. The fourth-order valence-corrected chi connectivity index (χ4v) is 3.84. The first-order chi connectivity index (χ1) is 13.7. The van der Waals surface area contributed by atoms with Crippen molar-refractivity contribution in [3.05, 3.63) is 35.4 Å². The van der Waals surface area contributed by atoms with Crippen LogP contribution in [0.2, 0.25) is 0 Å². The van der Waals surface area contributed by atoms with Gasteiger partial charge in [-0.3, -0.25) is 24.1 Å². The molecule has 1 saturated heterocycles. The summed E-state index contributed by atoms with van der Waals surface area (Å²) in [6, 6.07) is 6.84. The van der Waals surface area contributed by atoms with E-state index in [4.69, 9.17) is 0 Å². The molecule has 156 valence electrons. The molecule has 0 spiro atoms. The highest BCUT2D eigenvalue weighted by Gasteiger charge is 2.35. The summed E-state index contributed by atoms with van der Waals surface area (Å²) < 4.78 is 0. The van der Waals surface area contributed by atoms with Crippen molar-refractivity contribution in [2.45, 2.75) is 52.5 Å². The Morgan fingerprint density at radius 2 is 1.59 bits per heavy atom. The zero-order valence-corrected chi connectivity index (χ0v) is 17.4. The van der Waals surface area contributed by atoms with E-state index in [1.165, 1.54) is 4.90 Å². The third kappa shape index (κ3) is 4.66. The summed E-state index contributed by atoms with van der Waals surface area (Å²) >= 11 is 0. The van der Waals surface area contributed by atoms with Crippen LogP contribution in [0, 0.1) is 5.41 Å². The minimum absolute atomic E-state index is 0.0609. The number of carbonyl (C=O) groups excluding carboxylic acids is 4. The number of amides is 4. The zero-order chi connectivity index (χ0) is 21.2. The summed E-state index contributed by atoms with van der Waals surface area (Å²) in [4.78, 5) is 52.3. The van der Waals surface area contributed by atoms with Gasteiger partial charge in [0.25, 0.3) is 11.8 Å². The average Bonchev–Trinajstić information content (AvgIpc) is 2.92. The Balaban J connectivity index is 1.40. The minimum Gasteiger partial charge on any atom is -0.353 e. The van der Waals surface area contributed by atoms with Gasteiger partial charge in [-0.2, -0.15) is 0 Å². The predicted molar refractivity (Wildman–Crippen MR) is 108 cm³/mol. The molecule has 2 aliphatic rings. The molecule has 4 amide bonds. The van der Waals surface area contributed by atoms with Crippen molar-refractivity contribution in [3.8, 4) is 0 Å². The summed E-state index contributed by atoms with van der Waals surface area (Å²) in [6.07, 6.45) is 2.17. The van der Waals surface area contributed by atoms with Crippen molar-refractivity contribution >= 4 is 23.6 Å². The summed E-state index contributed by atoms with van der Waals surface area (Å²) in [6.45, 7) is 7.27. The standard InChI is InChI=1S/C22H29N3O4/c1-22(2,3)21(29)24-13-10-15(11-14-24)23-18(26)9-6-12-25-19(27)16-7-4-5-8-17(16)20(25)28/h4-5,7-8,15H,6,9-14H2,1-3H3,(H,23,26). The van der Waals surface area contributed by atoms with E-state index in [2.05, 4.69) is 5.32 Å². The van der Waals surface area contributed by atoms with Gasteiger partial charge in [0, 0.05) is 37.5 Å². The molecule has 0 aromatic heterocycles. The first-order valence-corrected chi connectivity index (χ1v) is 10.2. The Morgan fingerprint density at radius 3 is 2.10 bits per heavy atom. The number of likely N-dealkylation sites (tertiary alicyclic amines) is 1. The van der Waals surface area contributed by atoms with Crippen LogP contribution >= 0.6 is 0 Å². The molecule has 0 saturated carbocycles. The fraction of sp³-hybridized carbons (Fsp3) is 0.545. The van der Waals surface area contributed by atoms with Gasteiger partial charge in [-0.25, -0.2) is 0 Å². The number of nitrogens with one attached hydrogen (secondary N) is 1. The van der Waals surface area contributed by atoms with E-state index in [0.717, 1.165) is 12.8 Å². The number of carbonyl (C=O) groups is 4. The van der Waals surface area contributed by atoms with Gasteiger partial charge in [0.15, 0.2) is 0 Å². The first kappa shape index (κ1) is 21.0. The Labute approximate surface area is 171 Å². The van der Waals surface area contributed by atoms with Crippen LogP contribution in [0.4, 0.5) is 0 Å². The van der Waals surface area contributed by atoms with Gasteiger partial charge >= 0.3 is 0 Å². The predicted octanol–water partition coefficient (Wildman–Crippen LogP) is 2.22. The number of benzene rings is 1. The summed E-state index contributed by atoms with van der Waals surface area (Å²) in [5, 5.41) is 3.02. The number of imide groups is 1. The number of fused-ring (bicyclic) bond motifs is 1. The smallest absolute Gasteiger partial charge is 0.261 e. The van der Waals surface area contributed by atoms with Gasteiger partial charge in [0.1, 0.15) is 0 Å². The normalized spacial score (nSPS) is 17.5. The minimum atomic E-state index is -0.389. The van der Waals surface area contributed by atoms with Crippen molar-refractivity contribution < 1.29 is 19.2 Å². The zero-order valence-electron chi connectivity index (χ0n) is 17.4. The number of piperidine rings is 1. The lowest BCUT2D eigenvalue weighted by molar-refractivity contribution is -0.140. The molecule has 1 aromatic rings.